The van der Waals surface area contributed by atoms with Gasteiger partial charge in [-0.1, -0.05) is 88.1 Å². The molecule has 0 radical (unpaired) electrons. The van der Waals surface area contributed by atoms with Crippen LogP contribution in [0.1, 0.15) is 63.5 Å². The highest BCUT2D eigenvalue weighted by Gasteiger charge is 2.03. The molecule has 2 aromatic rings. The van der Waals surface area contributed by atoms with Crippen molar-refractivity contribution in [1.29, 1.82) is 0 Å². The van der Waals surface area contributed by atoms with Crippen LogP contribution in [-0.2, 0) is 0 Å². The summed E-state index contributed by atoms with van der Waals surface area (Å²) in [7, 11) is 0. The Hall–Kier alpha value is -2.70. The summed E-state index contributed by atoms with van der Waals surface area (Å²) in [6.45, 7) is 4.28. The average molecular weight is 407 g/mol. The Labute approximate surface area is 180 Å². The van der Waals surface area contributed by atoms with Gasteiger partial charge in [-0.2, -0.15) is 20.5 Å². The molecule has 2 aromatic carbocycles. The minimum atomic E-state index is -0.264. The van der Waals surface area contributed by atoms with Crippen molar-refractivity contribution in [1.82, 2.24) is 0 Å². The fourth-order valence-electron chi connectivity index (χ4n) is 2.83. The Morgan fingerprint density at radius 3 is 1.50 bits per heavy atom. The number of azo groups is 2. The lowest BCUT2D eigenvalue weighted by Crippen LogP contribution is -2.15. The summed E-state index contributed by atoms with van der Waals surface area (Å²) in [5.41, 5.74) is 15.6. The van der Waals surface area contributed by atoms with Gasteiger partial charge in [0.2, 0.25) is 0 Å². The maximum absolute atomic E-state index is 6.02. The van der Waals surface area contributed by atoms with Gasteiger partial charge in [-0.15, -0.1) is 0 Å². The van der Waals surface area contributed by atoms with Crippen molar-refractivity contribution in [3.8, 4) is 0 Å². The van der Waals surface area contributed by atoms with Crippen molar-refractivity contribution in [2.45, 2.75) is 64.7 Å². The molecule has 0 saturated heterocycles. The number of rotatable bonds is 12. The SMILES string of the molecule is CCCCC(N)/N=N/c1ccccc1/C=C/c1ccccc1/N=N/C(N)CCCC. The highest BCUT2D eigenvalue weighted by Crippen LogP contribution is 2.25. The molecular formula is C24H34N6. The van der Waals surface area contributed by atoms with E-state index in [0.29, 0.717) is 0 Å². The van der Waals surface area contributed by atoms with Gasteiger partial charge in [0, 0.05) is 11.1 Å². The second kappa shape index (κ2) is 13.5. The third kappa shape index (κ3) is 8.35. The molecule has 0 fully saturated rings. The lowest BCUT2D eigenvalue weighted by Gasteiger charge is -2.05. The van der Waals surface area contributed by atoms with E-state index in [0.717, 1.165) is 61.0 Å². The molecule has 6 heteroatoms. The van der Waals surface area contributed by atoms with Crippen LogP contribution in [-0.4, -0.2) is 12.3 Å². The second-order valence-corrected chi connectivity index (χ2v) is 7.30. The molecule has 0 aromatic heterocycles. The second-order valence-electron chi connectivity index (χ2n) is 7.30. The quantitative estimate of drug-likeness (QED) is 0.293. The molecular weight excluding hydrogens is 372 g/mol. The van der Waals surface area contributed by atoms with E-state index in [4.69, 9.17) is 11.5 Å². The molecule has 0 aliphatic heterocycles. The van der Waals surface area contributed by atoms with Gasteiger partial charge < -0.3 is 11.5 Å². The van der Waals surface area contributed by atoms with E-state index in [1.54, 1.807) is 0 Å². The molecule has 4 N–H and O–H groups in total. The summed E-state index contributed by atoms with van der Waals surface area (Å²) in [5, 5.41) is 17.3. The summed E-state index contributed by atoms with van der Waals surface area (Å²) < 4.78 is 0. The van der Waals surface area contributed by atoms with E-state index < -0.39 is 0 Å². The first kappa shape index (κ1) is 23.6. The molecule has 0 saturated carbocycles. The van der Waals surface area contributed by atoms with Gasteiger partial charge in [0.25, 0.3) is 0 Å². The standard InChI is InChI=1S/C24H34N6/c1-3-5-15-23(25)29-27-21-13-9-7-11-19(21)17-18-20-12-8-10-14-22(20)28-30-24(26)16-6-4-2/h7-14,17-18,23-24H,3-6,15-16,25-26H2,1-2H3/b18-17+,29-27+,30-28+. The Balaban J connectivity index is 2.15. The van der Waals surface area contributed by atoms with Crippen molar-refractivity contribution >= 4 is 23.5 Å². The highest BCUT2D eigenvalue weighted by molar-refractivity contribution is 5.78. The Morgan fingerprint density at radius 2 is 1.10 bits per heavy atom. The average Bonchev–Trinajstić information content (AvgIpc) is 2.78. The largest absolute Gasteiger partial charge is 0.308 e. The van der Waals surface area contributed by atoms with Gasteiger partial charge in [0.05, 0.1) is 11.4 Å². The zero-order valence-electron chi connectivity index (χ0n) is 18.1. The highest BCUT2D eigenvalue weighted by atomic mass is 15.2. The lowest BCUT2D eigenvalue weighted by molar-refractivity contribution is 0.577. The summed E-state index contributed by atoms with van der Waals surface area (Å²) >= 11 is 0. The third-order valence-electron chi connectivity index (χ3n) is 4.65. The minimum absolute atomic E-state index is 0.264. The smallest absolute Gasteiger partial charge is 0.118 e. The van der Waals surface area contributed by atoms with Gasteiger partial charge in [0.15, 0.2) is 0 Å². The zero-order chi connectivity index (χ0) is 21.6. The number of hydrogen-bond acceptors (Lipinski definition) is 6. The molecule has 30 heavy (non-hydrogen) atoms. The van der Waals surface area contributed by atoms with E-state index >= 15 is 0 Å². The number of nitrogens with two attached hydrogens (primary N) is 2. The molecule has 0 aliphatic rings. The summed E-state index contributed by atoms with van der Waals surface area (Å²) in [4.78, 5) is 0. The lowest BCUT2D eigenvalue weighted by atomic mass is 10.1. The summed E-state index contributed by atoms with van der Waals surface area (Å²) in [6.07, 6.45) is 9.48. The number of unbranched alkanes of at least 4 members (excludes halogenated alkanes) is 2. The van der Waals surface area contributed by atoms with Crippen molar-refractivity contribution in [2.24, 2.45) is 31.9 Å². The third-order valence-corrected chi connectivity index (χ3v) is 4.65. The summed E-state index contributed by atoms with van der Waals surface area (Å²) in [6, 6.07) is 15.7. The first-order chi connectivity index (χ1) is 14.6. The van der Waals surface area contributed by atoms with Crippen LogP contribution in [0.4, 0.5) is 11.4 Å². The van der Waals surface area contributed by atoms with Crippen molar-refractivity contribution in [3.63, 3.8) is 0 Å². The van der Waals surface area contributed by atoms with Crippen LogP contribution in [0.25, 0.3) is 12.2 Å². The molecule has 160 valence electrons. The Morgan fingerprint density at radius 1 is 0.700 bits per heavy atom. The van der Waals surface area contributed by atoms with E-state index in [1.165, 1.54) is 0 Å². The molecule has 0 aliphatic carbocycles. The van der Waals surface area contributed by atoms with E-state index in [-0.39, 0.29) is 12.3 Å². The van der Waals surface area contributed by atoms with Crippen LogP contribution in [0.5, 0.6) is 0 Å². The molecule has 2 rings (SSSR count). The van der Waals surface area contributed by atoms with Crippen LogP contribution in [0.3, 0.4) is 0 Å². The predicted molar refractivity (Wildman–Crippen MR) is 126 cm³/mol. The van der Waals surface area contributed by atoms with Crippen LogP contribution in [0.2, 0.25) is 0 Å². The molecule has 0 bridgehead atoms. The van der Waals surface area contributed by atoms with Gasteiger partial charge in [-0.3, -0.25) is 0 Å². The molecule has 0 spiro atoms. The molecule has 0 amide bonds. The van der Waals surface area contributed by atoms with E-state index in [9.17, 15) is 0 Å². The van der Waals surface area contributed by atoms with Crippen LogP contribution in [0.15, 0.2) is 69.0 Å². The van der Waals surface area contributed by atoms with E-state index in [2.05, 4.69) is 34.3 Å². The minimum Gasteiger partial charge on any atom is -0.308 e. The maximum atomic E-state index is 6.02. The van der Waals surface area contributed by atoms with Gasteiger partial charge >= 0.3 is 0 Å². The van der Waals surface area contributed by atoms with Crippen molar-refractivity contribution in [2.75, 3.05) is 0 Å². The van der Waals surface area contributed by atoms with E-state index in [1.807, 2.05) is 60.7 Å². The molecule has 2 unspecified atom stereocenters. The number of benzene rings is 2. The predicted octanol–water partition coefficient (Wildman–Crippen LogP) is 6.97. The molecule has 0 heterocycles. The molecule has 6 nitrogen and oxygen atoms in total. The first-order valence-electron chi connectivity index (χ1n) is 10.8. The summed E-state index contributed by atoms with van der Waals surface area (Å²) in [5.74, 6) is 0. The fraction of sp³-hybridized carbons (Fsp3) is 0.417. The zero-order valence-corrected chi connectivity index (χ0v) is 18.1. The normalized spacial score (nSPS) is 14.1. The fourth-order valence-corrected chi connectivity index (χ4v) is 2.83. The van der Waals surface area contributed by atoms with Gasteiger partial charge in [-0.25, -0.2) is 0 Å². The van der Waals surface area contributed by atoms with Crippen LogP contribution < -0.4 is 11.5 Å². The van der Waals surface area contributed by atoms with Crippen molar-refractivity contribution < 1.29 is 0 Å². The Kier molecular flexibility index (Phi) is 10.6. The monoisotopic (exact) mass is 406 g/mol. The van der Waals surface area contributed by atoms with Crippen LogP contribution in [0, 0.1) is 0 Å². The number of hydrogen-bond donors (Lipinski definition) is 2. The van der Waals surface area contributed by atoms with Gasteiger partial charge in [0.1, 0.15) is 12.3 Å². The van der Waals surface area contributed by atoms with Crippen molar-refractivity contribution in [3.05, 3.63) is 59.7 Å². The Bertz CT molecular complexity index is 774. The maximum Gasteiger partial charge on any atom is 0.118 e. The first-order valence-corrected chi connectivity index (χ1v) is 10.8. The topological polar surface area (TPSA) is 101 Å². The van der Waals surface area contributed by atoms with Crippen LogP contribution >= 0.6 is 0 Å². The van der Waals surface area contributed by atoms with Gasteiger partial charge in [-0.05, 0) is 25.0 Å². The molecule has 2 atom stereocenters. The number of nitrogens with zero attached hydrogens (tertiary/aromatic N) is 4.